The van der Waals surface area contributed by atoms with Gasteiger partial charge in [-0.1, -0.05) is 80.6 Å². The third-order valence-corrected chi connectivity index (χ3v) is 14.1. The number of nitrogens with zero attached hydrogens (tertiary/aromatic N) is 2. The Morgan fingerprint density at radius 2 is 0.898 bits per heavy atom. The van der Waals surface area contributed by atoms with Gasteiger partial charge < -0.3 is 28.1 Å². The first-order valence-electron chi connectivity index (χ1n) is 21.0. The lowest BCUT2D eigenvalue weighted by Gasteiger charge is -2.32. The number of benzene rings is 6. The molecule has 0 unspecified atom stereocenters. The van der Waals surface area contributed by atoms with Gasteiger partial charge in [-0.25, -0.2) is 0 Å². The molecule has 0 amide bonds. The quantitative estimate of drug-likeness (QED) is 0.157. The fourth-order valence-electron chi connectivity index (χ4n) is 9.15. The molecule has 0 N–H and O–H groups in total. The molecule has 0 spiro atoms. The lowest BCUT2D eigenvalue weighted by atomic mass is 9.79. The van der Waals surface area contributed by atoms with Gasteiger partial charge in [-0.05, 0) is 155 Å². The van der Waals surface area contributed by atoms with E-state index in [4.69, 9.17) is 18.6 Å². The first kappa shape index (κ1) is 38.1. The van der Waals surface area contributed by atoms with Crippen LogP contribution in [-0.4, -0.2) is 41.2 Å². The summed E-state index contributed by atoms with van der Waals surface area (Å²) in [6.45, 7) is 21.5. The van der Waals surface area contributed by atoms with Crippen molar-refractivity contribution < 1.29 is 18.6 Å². The maximum absolute atomic E-state index is 6.43. The van der Waals surface area contributed by atoms with Crippen LogP contribution in [0, 0.1) is 0 Å². The van der Waals surface area contributed by atoms with Gasteiger partial charge in [0, 0.05) is 38.9 Å². The molecule has 296 valence electrons. The van der Waals surface area contributed by atoms with Gasteiger partial charge in [0.25, 0.3) is 0 Å². The maximum atomic E-state index is 6.43. The van der Waals surface area contributed by atoms with Crippen LogP contribution >= 0.6 is 0 Å². The van der Waals surface area contributed by atoms with Crippen molar-refractivity contribution in [1.29, 1.82) is 0 Å². The molecule has 0 bridgehead atoms. The van der Waals surface area contributed by atoms with Crippen molar-refractivity contribution in [2.24, 2.45) is 0 Å². The van der Waals surface area contributed by atoms with Crippen LogP contribution < -0.4 is 15.8 Å². The van der Waals surface area contributed by atoms with Crippen molar-refractivity contribution in [3.8, 4) is 16.8 Å². The van der Waals surface area contributed by atoms with E-state index in [9.17, 15) is 0 Å². The van der Waals surface area contributed by atoms with Crippen molar-refractivity contribution in [2.75, 3.05) is 4.90 Å². The SMILES string of the molecule is CC1(C)c2cc(N(c3ccc(B4OC(C)(C)C(C)(C)O4)cc3)c3ccc(B4OC(C)(C)C(C)(C)O4)cc3)ccc2-c2cc3c4ccccc4n(-c4ccccc4)c3cc21. The average Bonchev–Trinajstić information content (AvgIpc) is 3.81. The van der Waals surface area contributed by atoms with Crippen molar-refractivity contribution >= 4 is 64.0 Å². The number of hydrogen-bond donors (Lipinski definition) is 0. The second-order valence-corrected chi connectivity index (χ2v) is 19.2. The Bertz CT molecular complexity index is 2660. The summed E-state index contributed by atoms with van der Waals surface area (Å²) in [5.41, 5.74) is 12.1. The van der Waals surface area contributed by atoms with Crippen LogP contribution in [0.15, 0.2) is 133 Å². The Hall–Kier alpha value is -5.11. The molecule has 6 aromatic carbocycles. The third-order valence-electron chi connectivity index (χ3n) is 14.1. The van der Waals surface area contributed by atoms with Crippen molar-refractivity contribution in [1.82, 2.24) is 4.57 Å². The van der Waals surface area contributed by atoms with Crippen LogP contribution in [0.2, 0.25) is 0 Å². The molecule has 0 radical (unpaired) electrons. The van der Waals surface area contributed by atoms with E-state index in [1.165, 1.54) is 49.7 Å². The fourth-order valence-corrected chi connectivity index (χ4v) is 9.15. The van der Waals surface area contributed by atoms with Crippen LogP contribution in [0.25, 0.3) is 38.6 Å². The zero-order valence-corrected chi connectivity index (χ0v) is 35.9. The van der Waals surface area contributed by atoms with Crippen molar-refractivity contribution in [3.05, 3.63) is 145 Å². The Kier molecular flexibility index (Phi) is 8.36. The van der Waals surface area contributed by atoms with Crippen LogP contribution in [0.4, 0.5) is 17.1 Å². The fraction of sp³-hybridized carbons (Fsp3) is 0.294. The van der Waals surface area contributed by atoms with Crippen LogP contribution in [0.3, 0.4) is 0 Å². The highest BCUT2D eigenvalue weighted by atomic mass is 16.7. The Morgan fingerprint density at radius 1 is 0.424 bits per heavy atom. The number of anilines is 3. The molecular weight excluding hydrogens is 726 g/mol. The third kappa shape index (κ3) is 5.86. The molecule has 2 saturated heterocycles. The van der Waals surface area contributed by atoms with E-state index in [1.807, 2.05) is 0 Å². The highest BCUT2D eigenvalue weighted by molar-refractivity contribution is 6.62. The number of hydrogen-bond acceptors (Lipinski definition) is 5. The molecule has 3 heterocycles. The summed E-state index contributed by atoms with van der Waals surface area (Å²) in [5, 5.41) is 2.53. The minimum atomic E-state index is -0.438. The van der Waals surface area contributed by atoms with E-state index >= 15 is 0 Å². The predicted octanol–water partition coefficient (Wildman–Crippen LogP) is 11.2. The largest absolute Gasteiger partial charge is 0.494 e. The van der Waals surface area contributed by atoms with Gasteiger partial charge in [-0.15, -0.1) is 0 Å². The normalized spacial score (nSPS) is 19.4. The number of aromatic nitrogens is 1. The van der Waals surface area contributed by atoms with Crippen molar-refractivity contribution in [2.45, 2.75) is 97.1 Å². The number of fused-ring (bicyclic) bond motifs is 6. The Morgan fingerprint density at radius 3 is 1.44 bits per heavy atom. The highest BCUT2D eigenvalue weighted by Crippen LogP contribution is 2.53. The van der Waals surface area contributed by atoms with Gasteiger partial charge in [0.1, 0.15) is 0 Å². The van der Waals surface area contributed by atoms with E-state index in [2.05, 4.69) is 212 Å². The summed E-state index contributed by atoms with van der Waals surface area (Å²) in [7, 11) is -0.875. The van der Waals surface area contributed by atoms with E-state index in [0.717, 1.165) is 28.0 Å². The Labute approximate surface area is 349 Å². The van der Waals surface area contributed by atoms with Gasteiger partial charge in [0.05, 0.1) is 33.4 Å². The summed E-state index contributed by atoms with van der Waals surface area (Å²) in [4.78, 5) is 2.34. The summed E-state index contributed by atoms with van der Waals surface area (Å²) in [6.07, 6.45) is 0. The van der Waals surface area contributed by atoms with E-state index < -0.39 is 36.6 Å². The molecule has 59 heavy (non-hydrogen) atoms. The molecule has 0 atom stereocenters. The van der Waals surface area contributed by atoms with Gasteiger partial charge in [0.15, 0.2) is 0 Å². The van der Waals surface area contributed by atoms with Crippen molar-refractivity contribution in [3.63, 3.8) is 0 Å². The summed E-state index contributed by atoms with van der Waals surface area (Å²) in [6, 6.07) is 48.6. The van der Waals surface area contributed by atoms with Gasteiger partial charge in [0.2, 0.25) is 0 Å². The molecule has 10 rings (SSSR count). The first-order valence-corrected chi connectivity index (χ1v) is 21.0. The van der Waals surface area contributed by atoms with Gasteiger partial charge in [-0.2, -0.15) is 0 Å². The predicted molar refractivity (Wildman–Crippen MR) is 244 cm³/mol. The average molecular weight is 779 g/mol. The Balaban J connectivity index is 1.07. The summed E-state index contributed by atoms with van der Waals surface area (Å²) < 4.78 is 28.1. The summed E-state index contributed by atoms with van der Waals surface area (Å²) in [5.74, 6) is 0. The summed E-state index contributed by atoms with van der Waals surface area (Å²) >= 11 is 0. The van der Waals surface area contributed by atoms with E-state index in [1.54, 1.807) is 0 Å². The minimum absolute atomic E-state index is 0.250. The van der Waals surface area contributed by atoms with Crippen LogP contribution in [0.5, 0.6) is 0 Å². The van der Waals surface area contributed by atoms with Crippen LogP contribution in [0.1, 0.15) is 80.4 Å². The number of rotatable bonds is 6. The van der Waals surface area contributed by atoms with E-state index in [0.29, 0.717) is 0 Å². The lowest BCUT2D eigenvalue weighted by molar-refractivity contribution is 0.00578. The maximum Gasteiger partial charge on any atom is 0.494 e. The smallest absolute Gasteiger partial charge is 0.399 e. The van der Waals surface area contributed by atoms with E-state index in [-0.39, 0.29) is 5.41 Å². The molecule has 1 aromatic heterocycles. The topological polar surface area (TPSA) is 45.1 Å². The molecule has 2 aliphatic heterocycles. The van der Waals surface area contributed by atoms with Gasteiger partial charge >= 0.3 is 14.2 Å². The molecule has 2 fully saturated rings. The second-order valence-electron chi connectivity index (χ2n) is 19.2. The molecule has 8 heteroatoms. The molecule has 3 aliphatic rings. The molecule has 6 nitrogen and oxygen atoms in total. The molecule has 7 aromatic rings. The molecule has 0 saturated carbocycles. The minimum Gasteiger partial charge on any atom is -0.399 e. The zero-order valence-electron chi connectivity index (χ0n) is 35.9. The second kappa shape index (κ2) is 12.9. The number of para-hydroxylation sites is 2. The monoisotopic (exact) mass is 778 g/mol. The first-order chi connectivity index (χ1) is 28.0. The molecule has 1 aliphatic carbocycles. The van der Waals surface area contributed by atoms with Crippen LogP contribution in [-0.2, 0) is 24.0 Å². The molecular formula is C51H52B2N2O4. The zero-order chi connectivity index (χ0) is 41.3. The highest BCUT2D eigenvalue weighted by Gasteiger charge is 2.53. The lowest BCUT2D eigenvalue weighted by Crippen LogP contribution is -2.41. The standard InChI is InChI=1S/C51H52B2N2O4/c1-47(2)43-30-38(28-29-39(43)41-31-42-40-18-14-15-19-45(40)55(46(42)32-44(41)47)35-16-12-11-13-17-35)54(36-24-20-33(21-25-36)52-56-48(3,4)49(5,6)57-52)37-26-22-34(23-27-37)53-58-50(7,8)51(9,10)59-53/h11-32H,1-10H3. The van der Waals surface area contributed by atoms with Gasteiger partial charge in [-0.3, -0.25) is 0 Å².